The predicted octanol–water partition coefficient (Wildman–Crippen LogP) is 4.97. The molecular weight excluding hydrogens is 659 g/mol. The summed E-state index contributed by atoms with van der Waals surface area (Å²) in [5, 5.41) is 10.4. The minimum Gasteiger partial charge on any atom is -0.503 e. The van der Waals surface area contributed by atoms with Crippen molar-refractivity contribution in [1.29, 1.82) is 0 Å². The van der Waals surface area contributed by atoms with E-state index in [0.717, 1.165) is 10.5 Å². The fourth-order valence-electron chi connectivity index (χ4n) is 7.03. The molecule has 4 aliphatic rings. The van der Waals surface area contributed by atoms with Gasteiger partial charge in [-0.2, -0.15) is 0 Å². The lowest BCUT2D eigenvalue weighted by Gasteiger charge is -2.50. The molecule has 2 aliphatic heterocycles. The van der Waals surface area contributed by atoms with Crippen molar-refractivity contribution in [3.05, 3.63) is 70.3 Å². The van der Waals surface area contributed by atoms with Gasteiger partial charge in [0.1, 0.15) is 0 Å². The first kappa shape index (κ1) is 28.5. The zero-order valence-electron chi connectivity index (χ0n) is 21.7. The molecule has 2 saturated heterocycles. The van der Waals surface area contributed by atoms with E-state index < -0.39 is 45.2 Å². The van der Waals surface area contributed by atoms with Crippen molar-refractivity contribution in [2.45, 2.75) is 35.1 Å². The second-order valence-electron chi connectivity index (χ2n) is 10.8. The van der Waals surface area contributed by atoms with Crippen molar-refractivity contribution >= 4 is 74.4 Å². The average molecular weight is 683 g/mol. The van der Waals surface area contributed by atoms with Crippen molar-refractivity contribution in [2.75, 3.05) is 12.6 Å². The molecule has 3 fully saturated rings. The number of carbonyl (C=O) groups excluding carboxylic acids is 4. The number of phenols is 1. The summed E-state index contributed by atoms with van der Waals surface area (Å²) in [7, 11) is 1.35. The van der Waals surface area contributed by atoms with Gasteiger partial charge in [-0.15, -0.1) is 23.2 Å². The Hall–Kier alpha value is -2.59. The number of benzene rings is 2. The molecule has 2 aliphatic carbocycles. The zero-order valence-corrected chi connectivity index (χ0v) is 25.5. The molecule has 6 atom stereocenters. The van der Waals surface area contributed by atoms with Gasteiger partial charge in [-0.05, 0) is 42.0 Å². The van der Waals surface area contributed by atoms with E-state index in [1.807, 2.05) is 36.4 Å². The lowest BCUT2D eigenvalue weighted by molar-refractivity contribution is -0.141. The van der Waals surface area contributed by atoms with E-state index in [1.54, 1.807) is 0 Å². The molecule has 2 heterocycles. The molecule has 41 heavy (non-hydrogen) atoms. The summed E-state index contributed by atoms with van der Waals surface area (Å²) >= 11 is 24.0. The summed E-state index contributed by atoms with van der Waals surface area (Å²) in [6.45, 7) is 0.127. The molecule has 0 spiro atoms. The average Bonchev–Trinajstić information content (AvgIpc) is 3.28. The van der Waals surface area contributed by atoms with E-state index in [4.69, 9.17) is 39.5 Å². The van der Waals surface area contributed by atoms with Crippen molar-refractivity contribution in [3.63, 3.8) is 0 Å². The Bertz CT molecular complexity index is 1540. The van der Waals surface area contributed by atoms with E-state index in [9.17, 15) is 24.3 Å². The van der Waals surface area contributed by atoms with Crippen LogP contribution >= 0.6 is 50.7 Å². The van der Waals surface area contributed by atoms with Crippen LogP contribution < -0.4 is 4.74 Å². The van der Waals surface area contributed by atoms with Gasteiger partial charge in [-0.3, -0.25) is 29.0 Å². The number of rotatable bonds is 5. The Kier molecular flexibility index (Phi) is 6.96. The lowest BCUT2D eigenvalue weighted by Crippen LogP contribution is -2.60. The first-order chi connectivity index (χ1) is 19.5. The van der Waals surface area contributed by atoms with Gasteiger partial charge < -0.3 is 9.84 Å². The monoisotopic (exact) mass is 680 g/mol. The van der Waals surface area contributed by atoms with Crippen LogP contribution in [0.4, 0.5) is 0 Å². The molecule has 1 saturated carbocycles. The van der Waals surface area contributed by atoms with E-state index in [1.165, 1.54) is 24.1 Å². The van der Waals surface area contributed by atoms with Crippen LogP contribution in [0.5, 0.6) is 11.5 Å². The summed E-state index contributed by atoms with van der Waals surface area (Å²) in [4.78, 5) is 53.4. The van der Waals surface area contributed by atoms with E-state index in [0.29, 0.717) is 11.1 Å². The maximum Gasteiger partial charge on any atom is 0.254 e. The number of methoxy groups -OCH3 is 1. The van der Waals surface area contributed by atoms with E-state index >= 15 is 0 Å². The number of hydrogen-bond donors (Lipinski definition) is 1. The number of imide groups is 2. The van der Waals surface area contributed by atoms with Crippen molar-refractivity contribution in [2.24, 2.45) is 17.8 Å². The van der Waals surface area contributed by atoms with E-state index in [2.05, 4.69) is 15.9 Å². The van der Waals surface area contributed by atoms with Gasteiger partial charge in [0.2, 0.25) is 11.8 Å². The fourth-order valence-corrected chi connectivity index (χ4v) is 8.67. The Balaban J connectivity index is 1.51. The van der Waals surface area contributed by atoms with Gasteiger partial charge in [0.25, 0.3) is 11.8 Å². The molecule has 0 aromatic heterocycles. The van der Waals surface area contributed by atoms with Gasteiger partial charge >= 0.3 is 0 Å². The summed E-state index contributed by atoms with van der Waals surface area (Å²) in [6.07, 6.45) is 1.98. The third-order valence-corrected chi connectivity index (χ3v) is 11.1. The maximum absolute atomic E-state index is 14.0. The quantitative estimate of drug-likeness (QED) is 0.207. The Morgan fingerprint density at radius 2 is 1.73 bits per heavy atom. The fraction of sp³-hybridized carbons (Fsp3) is 0.379. The number of likely N-dealkylation sites (tertiary alicyclic amines) is 2. The van der Waals surface area contributed by atoms with Crippen LogP contribution in [0, 0.1) is 17.8 Å². The number of halogens is 4. The third-order valence-electron chi connectivity index (χ3n) is 8.89. The molecule has 0 radical (unpaired) electrons. The first-order valence-corrected chi connectivity index (χ1v) is 15.2. The van der Waals surface area contributed by atoms with E-state index in [-0.39, 0.29) is 53.2 Å². The summed E-state index contributed by atoms with van der Waals surface area (Å²) in [5.41, 5.74) is 1.69. The van der Waals surface area contributed by atoms with Crippen LogP contribution in [-0.4, -0.2) is 60.8 Å². The molecule has 8 nitrogen and oxygen atoms in total. The molecular formula is C29H24BrCl3N2O6. The van der Waals surface area contributed by atoms with Gasteiger partial charge in [0.05, 0.1) is 36.0 Å². The SMILES string of the molecule is COc1cc([C@H]2C3=CC[C@@H]4C(=O)N(Cc5ccccc5)C(=O)[C@@H]4[C@@H]3C[C@@]3(Cl)C(=O)N(CBr)C(=O)[C@@]23Cl)cc(Cl)c1O. The molecule has 12 heteroatoms. The number of alkyl halides is 3. The van der Waals surface area contributed by atoms with Crippen LogP contribution in [0.25, 0.3) is 0 Å². The number of aromatic hydroxyl groups is 1. The normalized spacial score (nSPS) is 32.6. The van der Waals surface area contributed by atoms with Crippen molar-refractivity contribution in [3.8, 4) is 11.5 Å². The first-order valence-electron chi connectivity index (χ1n) is 12.9. The number of amides is 4. The van der Waals surface area contributed by atoms with Crippen LogP contribution in [0.1, 0.15) is 29.9 Å². The second-order valence-corrected chi connectivity index (χ2v) is 12.9. The third kappa shape index (κ3) is 3.85. The zero-order chi connectivity index (χ0) is 29.4. The Morgan fingerprint density at radius 1 is 1.02 bits per heavy atom. The highest BCUT2D eigenvalue weighted by atomic mass is 79.9. The standard InChI is InChI=1S/C29H24BrCl3N2O6/c1-41-20-10-15(9-19(31)23(20)36)22-16-7-8-17-21(25(38)34(24(17)37)12-14-5-3-2-4-6-14)18(16)11-28(32)26(39)35(13-30)27(40)29(22,28)33/h2-7,9-10,17-18,21-22,36H,8,11-13H2,1H3/t17-,18+,21-,22-,28+,29-/m0/s1. The van der Waals surface area contributed by atoms with Crippen molar-refractivity contribution < 1.29 is 29.0 Å². The number of nitrogens with zero attached hydrogens (tertiary/aromatic N) is 2. The van der Waals surface area contributed by atoms with Crippen LogP contribution in [0.3, 0.4) is 0 Å². The summed E-state index contributed by atoms with van der Waals surface area (Å²) in [5.74, 6) is -5.37. The molecule has 4 amide bonds. The highest BCUT2D eigenvalue weighted by molar-refractivity contribution is 9.09. The summed E-state index contributed by atoms with van der Waals surface area (Å²) < 4.78 is 5.32. The predicted molar refractivity (Wildman–Crippen MR) is 155 cm³/mol. The highest BCUT2D eigenvalue weighted by Gasteiger charge is 2.76. The highest BCUT2D eigenvalue weighted by Crippen LogP contribution is 2.66. The minimum absolute atomic E-state index is 0.0413. The molecule has 1 N–H and O–H groups in total. The molecule has 2 aromatic carbocycles. The van der Waals surface area contributed by atoms with Gasteiger partial charge in [0.15, 0.2) is 21.2 Å². The molecule has 214 valence electrons. The van der Waals surface area contributed by atoms with Gasteiger partial charge in [-0.1, -0.05) is 69.5 Å². The smallest absolute Gasteiger partial charge is 0.254 e. The second kappa shape index (κ2) is 10.0. The van der Waals surface area contributed by atoms with Crippen molar-refractivity contribution in [1.82, 2.24) is 9.80 Å². The topological polar surface area (TPSA) is 104 Å². The maximum atomic E-state index is 14.0. The number of ether oxygens (including phenoxy) is 1. The number of carbonyl (C=O) groups is 4. The molecule has 0 unspecified atom stereocenters. The number of allylic oxidation sites excluding steroid dienone is 2. The summed E-state index contributed by atoms with van der Waals surface area (Å²) in [6, 6.07) is 12.2. The molecule has 6 rings (SSSR count). The largest absolute Gasteiger partial charge is 0.503 e. The number of fused-ring (bicyclic) bond motifs is 4. The van der Waals surface area contributed by atoms with Gasteiger partial charge in [0, 0.05) is 5.92 Å². The number of phenolic OH excluding ortho intramolecular Hbond substituents is 1. The minimum atomic E-state index is -1.98. The Morgan fingerprint density at radius 3 is 2.39 bits per heavy atom. The van der Waals surface area contributed by atoms with Gasteiger partial charge in [-0.25, -0.2) is 0 Å². The number of hydrogen-bond acceptors (Lipinski definition) is 6. The Labute approximate surface area is 259 Å². The van der Waals surface area contributed by atoms with Crippen LogP contribution in [-0.2, 0) is 25.7 Å². The molecule has 0 bridgehead atoms. The molecule has 2 aromatic rings. The van der Waals surface area contributed by atoms with Crippen LogP contribution in [0.15, 0.2) is 54.1 Å². The lowest BCUT2D eigenvalue weighted by atomic mass is 9.56. The van der Waals surface area contributed by atoms with Crippen LogP contribution in [0.2, 0.25) is 5.02 Å².